The lowest BCUT2D eigenvalue weighted by Crippen LogP contribution is -2.48. The second-order valence-electron chi connectivity index (χ2n) is 6.35. The third-order valence-electron chi connectivity index (χ3n) is 4.91. The molecule has 1 unspecified atom stereocenters. The summed E-state index contributed by atoms with van der Waals surface area (Å²) in [6.07, 6.45) is 9.13. The predicted octanol–water partition coefficient (Wildman–Crippen LogP) is 1.84. The lowest BCUT2D eigenvalue weighted by molar-refractivity contribution is -0.116. The largest absolute Gasteiger partial charge is 0.300 e. The smallest absolute Gasteiger partial charge is 0.160 e. The minimum absolute atomic E-state index is 0.235. The summed E-state index contributed by atoms with van der Waals surface area (Å²) in [6, 6.07) is 2.67. The minimum Gasteiger partial charge on any atom is -0.300 e. The van der Waals surface area contributed by atoms with Gasteiger partial charge in [-0.15, -0.1) is 0 Å². The van der Waals surface area contributed by atoms with Gasteiger partial charge in [0.05, 0.1) is 5.69 Å². The van der Waals surface area contributed by atoms with Crippen molar-refractivity contribution in [3.8, 4) is 0 Å². The highest BCUT2D eigenvalue weighted by atomic mass is 16.1. The topological polar surface area (TPSA) is 41.4 Å². The number of likely N-dealkylation sites (tertiary alicyclic amines) is 2. The van der Waals surface area contributed by atoms with Crippen molar-refractivity contribution in [2.45, 2.75) is 51.2 Å². The van der Waals surface area contributed by atoms with Crippen molar-refractivity contribution in [1.29, 1.82) is 0 Å². The zero-order valence-electron chi connectivity index (χ0n) is 12.9. The molecule has 5 heteroatoms. The van der Waals surface area contributed by atoms with Gasteiger partial charge >= 0.3 is 0 Å². The molecule has 0 N–H and O–H groups in total. The Labute approximate surface area is 126 Å². The van der Waals surface area contributed by atoms with Crippen LogP contribution in [0, 0.1) is 6.92 Å². The van der Waals surface area contributed by atoms with Crippen LogP contribution in [0.5, 0.6) is 0 Å². The fourth-order valence-corrected chi connectivity index (χ4v) is 3.70. The van der Waals surface area contributed by atoms with E-state index in [0.29, 0.717) is 6.04 Å². The van der Waals surface area contributed by atoms with Crippen molar-refractivity contribution in [3.63, 3.8) is 0 Å². The van der Waals surface area contributed by atoms with Crippen LogP contribution in [0.1, 0.15) is 44.0 Å². The molecule has 2 aliphatic rings. The highest BCUT2D eigenvalue weighted by Crippen LogP contribution is 2.24. The predicted molar refractivity (Wildman–Crippen MR) is 82.1 cm³/mol. The van der Waals surface area contributed by atoms with Gasteiger partial charge in [-0.3, -0.25) is 9.69 Å². The van der Waals surface area contributed by atoms with Crippen LogP contribution in [0.3, 0.4) is 0 Å². The van der Waals surface area contributed by atoms with Crippen molar-refractivity contribution >= 4 is 6.29 Å². The number of nitrogens with zero attached hydrogens (tertiary/aromatic N) is 4. The molecule has 0 bridgehead atoms. The van der Waals surface area contributed by atoms with Crippen LogP contribution in [0.25, 0.3) is 0 Å². The Kier molecular flexibility index (Phi) is 4.70. The van der Waals surface area contributed by atoms with E-state index in [1.807, 2.05) is 19.2 Å². The third-order valence-corrected chi connectivity index (χ3v) is 4.91. The van der Waals surface area contributed by atoms with E-state index in [9.17, 15) is 4.79 Å². The number of aryl methyl sites for hydroxylation is 1. The fourth-order valence-electron chi connectivity index (χ4n) is 3.70. The number of piperidine rings is 2. The molecule has 2 fully saturated rings. The molecule has 0 amide bonds. The van der Waals surface area contributed by atoms with Gasteiger partial charge in [0.25, 0.3) is 0 Å². The van der Waals surface area contributed by atoms with E-state index in [0.717, 1.165) is 25.1 Å². The lowest BCUT2D eigenvalue weighted by atomic mass is 9.99. The van der Waals surface area contributed by atoms with Crippen LogP contribution in [-0.4, -0.2) is 58.1 Å². The first-order chi connectivity index (χ1) is 10.3. The van der Waals surface area contributed by atoms with Crippen molar-refractivity contribution in [3.05, 3.63) is 18.0 Å². The van der Waals surface area contributed by atoms with Gasteiger partial charge in [0.2, 0.25) is 0 Å². The third kappa shape index (κ3) is 3.35. The normalized spacial score (nSPS) is 24.0. The van der Waals surface area contributed by atoms with Gasteiger partial charge in [-0.05, 0) is 51.8 Å². The van der Waals surface area contributed by atoms with Crippen LogP contribution in [0.2, 0.25) is 0 Å². The monoisotopic (exact) mass is 290 g/mol. The van der Waals surface area contributed by atoms with Crippen molar-refractivity contribution in [1.82, 2.24) is 19.6 Å². The molecule has 3 heterocycles. The highest BCUT2D eigenvalue weighted by Gasteiger charge is 2.29. The standard InChI is InChI=1S/C16H26N4O/c1-14-5-12-20(17-14)16(13-21)19-10-6-15(7-11-19)18-8-3-2-4-9-18/h5,12-13,15-16H,2-4,6-11H2,1H3. The Balaban J connectivity index is 1.57. The molecule has 1 atom stereocenters. The molecular formula is C16H26N4O. The summed E-state index contributed by atoms with van der Waals surface area (Å²) in [5.74, 6) is 0. The number of aldehydes is 1. The molecule has 0 saturated carbocycles. The second-order valence-corrected chi connectivity index (χ2v) is 6.35. The maximum Gasteiger partial charge on any atom is 0.160 e. The number of hydrogen-bond donors (Lipinski definition) is 0. The molecule has 0 aromatic carbocycles. The van der Waals surface area contributed by atoms with E-state index in [2.05, 4.69) is 14.9 Å². The van der Waals surface area contributed by atoms with E-state index in [1.54, 1.807) is 4.68 Å². The van der Waals surface area contributed by atoms with E-state index in [4.69, 9.17) is 0 Å². The van der Waals surface area contributed by atoms with Gasteiger partial charge in [0.15, 0.2) is 12.5 Å². The summed E-state index contributed by atoms with van der Waals surface area (Å²) in [5, 5.41) is 4.40. The number of aromatic nitrogens is 2. The molecule has 3 rings (SSSR count). The Morgan fingerprint density at radius 1 is 1.19 bits per heavy atom. The Bertz CT molecular complexity index is 459. The van der Waals surface area contributed by atoms with Gasteiger partial charge in [0, 0.05) is 25.3 Å². The molecule has 0 aliphatic carbocycles. The number of rotatable bonds is 4. The molecule has 116 valence electrons. The molecule has 0 radical (unpaired) electrons. The van der Waals surface area contributed by atoms with Gasteiger partial charge in [-0.25, -0.2) is 4.68 Å². The first kappa shape index (κ1) is 14.7. The van der Waals surface area contributed by atoms with Crippen LogP contribution in [0.15, 0.2) is 12.3 Å². The van der Waals surface area contributed by atoms with Crippen LogP contribution >= 0.6 is 0 Å². The number of hydrogen-bond acceptors (Lipinski definition) is 4. The zero-order valence-corrected chi connectivity index (χ0v) is 12.9. The van der Waals surface area contributed by atoms with E-state index >= 15 is 0 Å². The summed E-state index contributed by atoms with van der Waals surface area (Å²) in [6.45, 7) is 6.47. The summed E-state index contributed by atoms with van der Waals surface area (Å²) in [7, 11) is 0. The SMILES string of the molecule is Cc1ccn(C(C=O)N2CCC(N3CCCCC3)CC2)n1. The van der Waals surface area contributed by atoms with Gasteiger partial charge in [-0.1, -0.05) is 6.42 Å². The summed E-state index contributed by atoms with van der Waals surface area (Å²) in [5.41, 5.74) is 0.963. The van der Waals surface area contributed by atoms with Gasteiger partial charge < -0.3 is 4.90 Å². The van der Waals surface area contributed by atoms with Crippen LogP contribution in [0.4, 0.5) is 0 Å². The average Bonchev–Trinajstić information content (AvgIpc) is 2.96. The number of carbonyl (C=O) groups excluding carboxylic acids is 1. The Morgan fingerprint density at radius 3 is 2.48 bits per heavy atom. The highest BCUT2D eigenvalue weighted by molar-refractivity contribution is 5.55. The van der Waals surface area contributed by atoms with Crippen molar-refractivity contribution < 1.29 is 4.79 Å². The molecule has 2 saturated heterocycles. The van der Waals surface area contributed by atoms with Crippen LogP contribution in [-0.2, 0) is 4.79 Å². The maximum atomic E-state index is 11.5. The van der Waals surface area contributed by atoms with Gasteiger partial charge in [-0.2, -0.15) is 5.10 Å². The van der Waals surface area contributed by atoms with E-state index in [-0.39, 0.29) is 6.17 Å². The first-order valence-corrected chi connectivity index (χ1v) is 8.23. The molecule has 0 spiro atoms. The molecule has 1 aromatic rings. The van der Waals surface area contributed by atoms with Crippen molar-refractivity contribution in [2.75, 3.05) is 26.2 Å². The van der Waals surface area contributed by atoms with E-state index < -0.39 is 0 Å². The minimum atomic E-state index is -0.235. The zero-order chi connectivity index (χ0) is 14.7. The summed E-state index contributed by atoms with van der Waals surface area (Å²) in [4.78, 5) is 16.4. The molecule has 2 aliphatic heterocycles. The Morgan fingerprint density at radius 2 is 1.90 bits per heavy atom. The summed E-state index contributed by atoms with van der Waals surface area (Å²) >= 11 is 0. The molecule has 5 nitrogen and oxygen atoms in total. The molecule has 1 aromatic heterocycles. The molecular weight excluding hydrogens is 264 g/mol. The van der Waals surface area contributed by atoms with Crippen molar-refractivity contribution in [2.24, 2.45) is 0 Å². The fraction of sp³-hybridized carbons (Fsp3) is 0.750. The van der Waals surface area contributed by atoms with E-state index in [1.165, 1.54) is 45.2 Å². The Hall–Kier alpha value is -1.20. The summed E-state index contributed by atoms with van der Waals surface area (Å²) < 4.78 is 1.80. The quantitative estimate of drug-likeness (QED) is 0.794. The maximum absolute atomic E-state index is 11.5. The average molecular weight is 290 g/mol. The second kappa shape index (κ2) is 6.71. The molecule has 21 heavy (non-hydrogen) atoms. The lowest BCUT2D eigenvalue weighted by Gasteiger charge is -2.41. The van der Waals surface area contributed by atoms with Gasteiger partial charge in [0.1, 0.15) is 0 Å². The van der Waals surface area contributed by atoms with Crippen LogP contribution < -0.4 is 0 Å². The number of carbonyl (C=O) groups is 1. The first-order valence-electron chi connectivity index (χ1n) is 8.23.